The van der Waals surface area contributed by atoms with Gasteiger partial charge in [0, 0.05) is 11.1 Å². The van der Waals surface area contributed by atoms with Gasteiger partial charge in [0.05, 0.1) is 0 Å². The monoisotopic (exact) mass is 416 g/mol. The van der Waals surface area contributed by atoms with Gasteiger partial charge in [0.2, 0.25) is 0 Å². The van der Waals surface area contributed by atoms with E-state index in [0.29, 0.717) is 0 Å². The number of hydrogen-bond donors (Lipinski definition) is 1. The average molecular weight is 417 g/mol. The predicted molar refractivity (Wildman–Crippen MR) is 129 cm³/mol. The Kier molecular flexibility index (Phi) is 7.67. The molecule has 156 valence electrons. The Balaban J connectivity index is 2.28. The summed E-state index contributed by atoms with van der Waals surface area (Å²) >= 11 is 0. The van der Waals surface area contributed by atoms with Gasteiger partial charge in [0.15, 0.2) is 0 Å². The van der Waals surface area contributed by atoms with Gasteiger partial charge in [0.25, 0.3) is 8.32 Å². The molecule has 0 fully saturated rings. The fraction of sp³-hybridized carbons (Fsp3) is 0.259. The van der Waals surface area contributed by atoms with E-state index in [1.54, 1.807) is 0 Å². The van der Waals surface area contributed by atoms with Crippen LogP contribution in [-0.4, -0.2) is 13.4 Å². The predicted octanol–water partition coefficient (Wildman–Crippen LogP) is 7.31. The molecule has 30 heavy (non-hydrogen) atoms. The zero-order chi connectivity index (χ0) is 21.4. The van der Waals surface area contributed by atoms with E-state index in [0.717, 1.165) is 46.2 Å². The highest BCUT2D eigenvalue weighted by molar-refractivity contribution is 6.74. The van der Waals surface area contributed by atoms with Gasteiger partial charge >= 0.3 is 0 Å². The second kappa shape index (κ2) is 10.4. The van der Waals surface area contributed by atoms with Gasteiger partial charge in [-0.25, -0.2) is 0 Å². The van der Waals surface area contributed by atoms with Crippen LogP contribution < -0.4 is 0 Å². The Labute approximate surface area is 182 Å². The lowest BCUT2D eigenvalue weighted by molar-refractivity contribution is 0.237. The minimum absolute atomic E-state index is 0.777. The van der Waals surface area contributed by atoms with Crippen molar-refractivity contribution in [1.82, 2.24) is 0 Å². The number of aliphatic hydroxyl groups excluding tert-OH is 1. The Morgan fingerprint density at radius 1 is 0.700 bits per heavy atom. The molecule has 3 heteroatoms. The van der Waals surface area contributed by atoms with Crippen molar-refractivity contribution in [1.29, 1.82) is 0 Å². The topological polar surface area (TPSA) is 29.5 Å². The fourth-order valence-corrected chi connectivity index (χ4v) is 6.47. The maximum Gasteiger partial charge on any atom is 0.250 e. The summed E-state index contributed by atoms with van der Waals surface area (Å²) in [5.74, 6) is 0.815. The highest BCUT2D eigenvalue weighted by atomic mass is 28.4. The summed E-state index contributed by atoms with van der Waals surface area (Å²) < 4.78 is 6.99. The Morgan fingerprint density at radius 2 is 1.13 bits per heavy atom. The third kappa shape index (κ3) is 4.92. The normalized spacial score (nSPS) is 13.5. The lowest BCUT2D eigenvalue weighted by Gasteiger charge is -2.33. The first-order valence-corrected chi connectivity index (χ1v) is 13.4. The summed E-state index contributed by atoms with van der Waals surface area (Å²) in [6.07, 6.45) is -0.777. The molecule has 0 spiro atoms. The maximum absolute atomic E-state index is 11.6. The highest BCUT2D eigenvalue weighted by Crippen LogP contribution is 2.40. The van der Waals surface area contributed by atoms with E-state index in [2.05, 4.69) is 45.0 Å². The number of benzene rings is 3. The van der Waals surface area contributed by atoms with Gasteiger partial charge in [-0.2, -0.15) is 0 Å². The van der Waals surface area contributed by atoms with Crippen molar-refractivity contribution >= 4 is 19.6 Å². The summed E-state index contributed by atoms with van der Waals surface area (Å²) in [4.78, 5) is 0. The standard InChI is InChI=1S/C27H32O2Si/c1-4-30(5-2,6-3)29-27(24-20-14-9-15-21-24)25(22-16-10-7-11-17-22)26(28)23-18-12-8-13-19-23/h7-21,26,28H,4-6H2,1-3H3/b27-25+. The molecular weight excluding hydrogens is 384 g/mol. The first-order chi connectivity index (χ1) is 14.6. The molecule has 2 nitrogen and oxygen atoms in total. The van der Waals surface area contributed by atoms with Crippen LogP contribution in [0.1, 0.15) is 43.6 Å². The van der Waals surface area contributed by atoms with Crippen molar-refractivity contribution < 1.29 is 9.53 Å². The summed E-state index contributed by atoms with van der Waals surface area (Å²) in [5, 5.41) is 11.6. The number of rotatable bonds is 9. The summed E-state index contributed by atoms with van der Waals surface area (Å²) in [7, 11) is -1.97. The molecule has 3 rings (SSSR count). The molecule has 1 N–H and O–H groups in total. The van der Waals surface area contributed by atoms with E-state index in [-0.39, 0.29) is 0 Å². The van der Waals surface area contributed by atoms with Crippen LogP contribution in [0.4, 0.5) is 0 Å². The van der Waals surface area contributed by atoms with Crippen molar-refractivity contribution in [3.8, 4) is 0 Å². The van der Waals surface area contributed by atoms with Crippen LogP contribution in [0.5, 0.6) is 0 Å². The second-order valence-electron chi connectivity index (χ2n) is 7.63. The van der Waals surface area contributed by atoms with E-state index < -0.39 is 14.4 Å². The van der Waals surface area contributed by atoms with Gasteiger partial charge in [-0.1, -0.05) is 112 Å². The lowest BCUT2D eigenvalue weighted by Crippen LogP contribution is -2.35. The average Bonchev–Trinajstić information content (AvgIpc) is 2.83. The Morgan fingerprint density at radius 3 is 1.60 bits per heavy atom. The molecule has 0 amide bonds. The van der Waals surface area contributed by atoms with Crippen molar-refractivity contribution in [2.45, 2.75) is 45.0 Å². The molecule has 0 saturated heterocycles. The van der Waals surface area contributed by atoms with Gasteiger partial charge in [-0.3, -0.25) is 0 Å². The molecule has 1 atom stereocenters. The third-order valence-corrected chi connectivity index (χ3v) is 10.5. The first-order valence-electron chi connectivity index (χ1n) is 10.9. The van der Waals surface area contributed by atoms with E-state index in [1.165, 1.54) is 0 Å². The zero-order valence-electron chi connectivity index (χ0n) is 18.2. The van der Waals surface area contributed by atoms with Gasteiger partial charge in [-0.05, 0) is 29.3 Å². The molecule has 0 aromatic heterocycles. The van der Waals surface area contributed by atoms with Crippen LogP contribution in [0.25, 0.3) is 11.3 Å². The van der Waals surface area contributed by atoms with Gasteiger partial charge < -0.3 is 9.53 Å². The number of hydrogen-bond acceptors (Lipinski definition) is 2. The maximum atomic E-state index is 11.6. The van der Waals surface area contributed by atoms with E-state index in [1.807, 2.05) is 66.7 Å². The molecule has 1 unspecified atom stereocenters. The fourth-order valence-electron chi connectivity index (χ4n) is 3.87. The van der Waals surface area contributed by atoms with Crippen LogP contribution in [0.2, 0.25) is 18.1 Å². The van der Waals surface area contributed by atoms with Crippen LogP contribution in [0.15, 0.2) is 91.0 Å². The van der Waals surface area contributed by atoms with Crippen LogP contribution in [0.3, 0.4) is 0 Å². The molecule has 0 saturated carbocycles. The SMILES string of the molecule is CC[Si](CC)(CC)O/C(=C(\c1ccccc1)C(O)c1ccccc1)c1ccccc1. The van der Waals surface area contributed by atoms with Crippen LogP contribution in [0, 0.1) is 0 Å². The first kappa shape index (κ1) is 22.1. The number of aliphatic hydroxyl groups is 1. The van der Waals surface area contributed by atoms with Crippen molar-refractivity contribution in [2.75, 3.05) is 0 Å². The molecular formula is C27H32O2Si. The Hall–Kier alpha value is -2.62. The third-order valence-electron chi connectivity index (χ3n) is 6.01. The summed E-state index contributed by atoms with van der Waals surface area (Å²) in [6, 6.07) is 33.4. The van der Waals surface area contributed by atoms with E-state index in [4.69, 9.17) is 4.43 Å². The van der Waals surface area contributed by atoms with Crippen molar-refractivity contribution in [3.05, 3.63) is 108 Å². The summed E-state index contributed by atoms with van der Waals surface area (Å²) in [6.45, 7) is 6.70. The molecule has 0 aliphatic carbocycles. The molecule has 0 aliphatic heterocycles. The molecule has 3 aromatic rings. The van der Waals surface area contributed by atoms with Crippen LogP contribution >= 0.6 is 0 Å². The van der Waals surface area contributed by atoms with Gasteiger partial charge in [0.1, 0.15) is 11.9 Å². The van der Waals surface area contributed by atoms with E-state index >= 15 is 0 Å². The summed E-state index contributed by atoms with van der Waals surface area (Å²) in [5.41, 5.74) is 3.70. The van der Waals surface area contributed by atoms with Gasteiger partial charge in [-0.15, -0.1) is 0 Å². The Bertz CT molecular complexity index is 924. The second-order valence-corrected chi connectivity index (χ2v) is 12.3. The smallest absolute Gasteiger partial charge is 0.250 e. The van der Waals surface area contributed by atoms with E-state index in [9.17, 15) is 5.11 Å². The quantitative estimate of drug-likeness (QED) is 0.225. The molecule has 0 radical (unpaired) electrons. The minimum Gasteiger partial charge on any atom is -0.543 e. The molecule has 0 bridgehead atoms. The molecule has 0 aliphatic rings. The van der Waals surface area contributed by atoms with Crippen LogP contribution in [-0.2, 0) is 4.43 Å². The molecule has 0 heterocycles. The minimum atomic E-state index is -1.97. The lowest BCUT2D eigenvalue weighted by atomic mass is 9.92. The molecule has 3 aromatic carbocycles. The highest BCUT2D eigenvalue weighted by Gasteiger charge is 2.34. The van der Waals surface area contributed by atoms with Crippen molar-refractivity contribution in [2.24, 2.45) is 0 Å². The zero-order valence-corrected chi connectivity index (χ0v) is 19.2. The largest absolute Gasteiger partial charge is 0.543 e. The van der Waals surface area contributed by atoms with Crippen molar-refractivity contribution in [3.63, 3.8) is 0 Å².